The number of benzene rings is 1. The fraction of sp³-hybridized carbons (Fsp3) is 0.350. The van der Waals surface area contributed by atoms with E-state index in [1.165, 1.54) is 0 Å². The number of amides is 2. The highest BCUT2D eigenvalue weighted by molar-refractivity contribution is 6.01. The molecule has 0 aliphatic carbocycles. The van der Waals surface area contributed by atoms with E-state index in [0.717, 1.165) is 5.56 Å². The molecular formula is C20H26N4O2. The van der Waals surface area contributed by atoms with E-state index in [9.17, 15) is 9.59 Å². The van der Waals surface area contributed by atoms with E-state index in [0.29, 0.717) is 24.5 Å². The molecule has 26 heavy (non-hydrogen) atoms. The van der Waals surface area contributed by atoms with Gasteiger partial charge in [0.15, 0.2) is 0 Å². The van der Waals surface area contributed by atoms with Gasteiger partial charge in [-0.05, 0) is 31.5 Å². The second kappa shape index (κ2) is 8.99. The topological polar surface area (TPSA) is 65.5 Å². The first kappa shape index (κ1) is 19.4. The maximum Gasteiger partial charge on any atom is 0.255 e. The number of carbonyl (C=O) groups excluding carboxylic acids is 2. The minimum absolute atomic E-state index is 0.121. The van der Waals surface area contributed by atoms with E-state index < -0.39 is 6.04 Å². The van der Waals surface area contributed by atoms with Crippen LogP contribution in [0.4, 0.5) is 5.82 Å². The summed E-state index contributed by atoms with van der Waals surface area (Å²) < 4.78 is 0. The van der Waals surface area contributed by atoms with Gasteiger partial charge in [0.05, 0.1) is 5.56 Å². The Bertz CT molecular complexity index is 742. The zero-order valence-electron chi connectivity index (χ0n) is 15.8. The molecule has 6 nitrogen and oxygen atoms in total. The van der Waals surface area contributed by atoms with Gasteiger partial charge in [-0.25, -0.2) is 4.98 Å². The molecule has 0 spiro atoms. The summed E-state index contributed by atoms with van der Waals surface area (Å²) in [5, 5.41) is 2.90. The Balaban J connectivity index is 2.36. The Morgan fingerprint density at radius 3 is 2.27 bits per heavy atom. The SMILES string of the molecule is CCN(CC)C(=O)[C@@H](NC(=O)c1cccnc1N(C)C)c1ccccc1. The van der Waals surface area contributed by atoms with Crippen LogP contribution in [-0.2, 0) is 4.79 Å². The highest BCUT2D eigenvalue weighted by Gasteiger charge is 2.27. The normalized spacial score (nSPS) is 11.5. The molecule has 1 atom stereocenters. The Morgan fingerprint density at radius 1 is 1.04 bits per heavy atom. The van der Waals surface area contributed by atoms with Crippen molar-refractivity contribution in [2.75, 3.05) is 32.1 Å². The summed E-state index contributed by atoms with van der Waals surface area (Å²) in [6.07, 6.45) is 1.64. The van der Waals surface area contributed by atoms with E-state index in [-0.39, 0.29) is 11.8 Å². The summed E-state index contributed by atoms with van der Waals surface area (Å²) in [5.74, 6) is 0.119. The molecule has 1 N–H and O–H groups in total. The fourth-order valence-electron chi connectivity index (χ4n) is 2.79. The van der Waals surface area contributed by atoms with Crippen molar-refractivity contribution in [2.24, 2.45) is 0 Å². The Labute approximate surface area is 154 Å². The van der Waals surface area contributed by atoms with Gasteiger partial charge in [-0.3, -0.25) is 9.59 Å². The van der Waals surface area contributed by atoms with Gasteiger partial charge in [-0.15, -0.1) is 0 Å². The molecule has 0 aliphatic heterocycles. The van der Waals surface area contributed by atoms with Crippen molar-refractivity contribution in [3.63, 3.8) is 0 Å². The van der Waals surface area contributed by atoms with E-state index in [1.54, 1.807) is 28.1 Å². The Kier molecular flexibility index (Phi) is 6.72. The van der Waals surface area contributed by atoms with Crippen molar-refractivity contribution >= 4 is 17.6 Å². The molecule has 1 aromatic heterocycles. The highest BCUT2D eigenvalue weighted by Crippen LogP contribution is 2.19. The van der Waals surface area contributed by atoms with Gasteiger partial charge < -0.3 is 15.1 Å². The van der Waals surface area contributed by atoms with E-state index in [2.05, 4.69) is 10.3 Å². The smallest absolute Gasteiger partial charge is 0.255 e. The largest absolute Gasteiger partial charge is 0.362 e. The molecule has 6 heteroatoms. The number of aromatic nitrogens is 1. The molecule has 0 saturated heterocycles. The molecule has 0 aliphatic rings. The lowest BCUT2D eigenvalue weighted by Gasteiger charge is -2.26. The summed E-state index contributed by atoms with van der Waals surface area (Å²) >= 11 is 0. The molecule has 2 amide bonds. The van der Waals surface area contributed by atoms with Crippen LogP contribution >= 0.6 is 0 Å². The third kappa shape index (κ3) is 4.39. The standard InChI is InChI=1S/C20H26N4O2/c1-5-24(6-2)20(26)17(15-11-8-7-9-12-15)22-19(25)16-13-10-14-21-18(16)23(3)4/h7-14,17H,5-6H2,1-4H3,(H,22,25)/t17-/m0/s1. The molecule has 0 fully saturated rings. The van der Waals surface area contributed by atoms with Gasteiger partial charge in [0.25, 0.3) is 5.91 Å². The van der Waals surface area contributed by atoms with Crippen LogP contribution in [0.2, 0.25) is 0 Å². The summed E-state index contributed by atoms with van der Waals surface area (Å²) in [4.78, 5) is 33.6. The summed E-state index contributed by atoms with van der Waals surface area (Å²) in [6.45, 7) is 5.03. The van der Waals surface area contributed by atoms with Crippen LogP contribution in [0.25, 0.3) is 0 Å². The quantitative estimate of drug-likeness (QED) is 0.830. The van der Waals surface area contributed by atoms with Crippen LogP contribution in [0, 0.1) is 0 Å². The van der Waals surface area contributed by atoms with E-state index in [1.807, 2.05) is 58.3 Å². The summed E-state index contributed by atoms with van der Waals surface area (Å²) in [7, 11) is 3.66. The van der Waals surface area contributed by atoms with Crippen LogP contribution in [0.15, 0.2) is 48.7 Å². The highest BCUT2D eigenvalue weighted by atomic mass is 16.2. The summed E-state index contributed by atoms with van der Waals surface area (Å²) in [6, 6.07) is 12.0. The predicted octanol–water partition coefficient (Wildman–Crippen LogP) is 2.49. The number of nitrogens with one attached hydrogen (secondary N) is 1. The van der Waals surface area contributed by atoms with Crippen molar-refractivity contribution in [2.45, 2.75) is 19.9 Å². The number of nitrogens with zero attached hydrogens (tertiary/aromatic N) is 3. The van der Waals surface area contributed by atoms with Crippen molar-refractivity contribution in [1.82, 2.24) is 15.2 Å². The molecule has 0 unspecified atom stereocenters. The molecule has 1 aromatic carbocycles. The fourth-order valence-corrected chi connectivity index (χ4v) is 2.79. The second-order valence-corrected chi connectivity index (χ2v) is 6.10. The molecule has 138 valence electrons. The molecule has 2 aromatic rings. The number of pyridine rings is 1. The predicted molar refractivity (Wildman–Crippen MR) is 103 cm³/mol. The van der Waals surface area contributed by atoms with Gasteiger partial charge in [0.2, 0.25) is 5.91 Å². The third-order valence-electron chi connectivity index (χ3n) is 4.19. The number of hydrogen-bond donors (Lipinski definition) is 1. The number of rotatable bonds is 7. The molecule has 0 bridgehead atoms. The summed E-state index contributed by atoms with van der Waals surface area (Å²) in [5.41, 5.74) is 1.19. The average Bonchev–Trinajstić information content (AvgIpc) is 2.67. The van der Waals surface area contributed by atoms with Crippen LogP contribution in [-0.4, -0.2) is 48.9 Å². The first-order valence-corrected chi connectivity index (χ1v) is 8.76. The van der Waals surface area contributed by atoms with Crippen LogP contribution < -0.4 is 10.2 Å². The molecular weight excluding hydrogens is 328 g/mol. The Morgan fingerprint density at radius 2 is 1.69 bits per heavy atom. The Hall–Kier alpha value is -2.89. The maximum atomic E-state index is 13.0. The lowest BCUT2D eigenvalue weighted by atomic mass is 10.0. The lowest BCUT2D eigenvalue weighted by Crippen LogP contribution is -2.43. The van der Waals surface area contributed by atoms with Crippen LogP contribution in [0.1, 0.15) is 35.8 Å². The monoisotopic (exact) mass is 354 g/mol. The molecule has 0 radical (unpaired) electrons. The van der Waals surface area contributed by atoms with Crippen LogP contribution in [0.3, 0.4) is 0 Å². The number of carbonyl (C=O) groups is 2. The number of likely N-dealkylation sites (N-methyl/N-ethyl adjacent to an activating group) is 1. The number of anilines is 1. The van der Waals surface area contributed by atoms with Crippen molar-refractivity contribution < 1.29 is 9.59 Å². The van der Waals surface area contributed by atoms with E-state index in [4.69, 9.17) is 0 Å². The van der Waals surface area contributed by atoms with Gasteiger partial charge in [0, 0.05) is 33.4 Å². The average molecular weight is 354 g/mol. The number of hydrogen-bond acceptors (Lipinski definition) is 4. The molecule has 1 heterocycles. The minimum Gasteiger partial charge on any atom is -0.362 e. The van der Waals surface area contributed by atoms with Crippen LogP contribution in [0.5, 0.6) is 0 Å². The first-order valence-electron chi connectivity index (χ1n) is 8.76. The minimum atomic E-state index is -0.737. The van der Waals surface area contributed by atoms with Crippen molar-refractivity contribution in [1.29, 1.82) is 0 Å². The van der Waals surface area contributed by atoms with Gasteiger partial charge >= 0.3 is 0 Å². The molecule has 0 saturated carbocycles. The molecule has 2 rings (SSSR count). The maximum absolute atomic E-state index is 13.0. The first-order chi connectivity index (χ1) is 12.5. The van der Waals surface area contributed by atoms with Gasteiger partial charge in [-0.2, -0.15) is 0 Å². The zero-order valence-corrected chi connectivity index (χ0v) is 15.8. The van der Waals surface area contributed by atoms with Crippen molar-refractivity contribution in [3.05, 3.63) is 59.8 Å². The third-order valence-corrected chi connectivity index (χ3v) is 4.19. The lowest BCUT2D eigenvalue weighted by molar-refractivity contribution is -0.133. The second-order valence-electron chi connectivity index (χ2n) is 6.10. The van der Waals surface area contributed by atoms with Gasteiger partial charge in [0.1, 0.15) is 11.9 Å². The zero-order chi connectivity index (χ0) is 19.1. The van der Waals surface area contributed by atoms with Gasteiger partial charge in [-0.1, -0.05) is 30.3 Å². The van der Waals surface area contributed by atoms with Crippen molar-refractivity contribution in [3.8, 4) is 0 Å². The van der Waals surface area contributed by atoms with E-state index >= 15 is 0 Å².